The van der Waals surface area contributed by atoms with Crippen LogP contribution in [-0.4, -0.2) is 49.3 Å². The molecule has 0 rings (SSSR count). The molecule has 9 nitrogen and oxygen atoms in total. The Morgan fingerprint density at radius 3 is 1.65 bits per heavy atom. The smallest absolute Gasteiger partial charge is 0.462 e. The third-order valence-electron chi connectivity index (χ3n) is 7.74. The van der Waals surface area contributed by atoms with Gasteiger partial charge in [0.15, 0.2) is 6.10 Å². The Kier molecular flexibility index (Phi) is 37.9. The zero-order valence-electron chi connectivity index (χ0n) is 33.9. The first-order valence-electron chi connectivity index (χ1n) is 20.4. The van der Waals surface area contributed by atoms with Gasteiger partial charge in [-0.2, -0.15) is 0 Å². The first-order chi connectivity index (χ1) is 26.8. The van der Waals surface area contributed by atoms with E-state index in [1.807, 2.05) is 36.5 Å². The lowest BCUT2D eigenvalue weighted by Crippen LogP contribution is -2.29. The Labute approximate surface area is 333 Å². The van der Waals surface area contributed by atoms with Gasteiger partial charge in [-0.15, -0.1) is 0 Å². The number of esters is 2. The van der Waals surface area contributed by atoms with Gasteiger partial charge in [-0.25, -0.2) is 4.57 Å². The van der Waals surface area contributed by atoms with Gasteiger partial charge in [0.25, 0.3) is 0 Å². The molecule has 2 atom stereocenters. The Morgan fingerprint density at radius 2 is 1.07 bits per heavy atom. The van der Waals surface area contributed by atoms with Crippen molar-refractivity contribution in [1.82, 2.24) is 0 Å². The monoisotopic (exact) mass is 785 g/mol. The summed E-state index contributed by atoms with van der Waals surface area (Å²) in [6.07, 6.45) is 52.7. The summed E-state index contributed by atoms with van der Waals surface area (Å²) >= 11 is 0. The van der Waals surface area contributed by atoms with Crippen LogP contribution >= 0.6 is 7.82 Å². The van der Waals surface area contributed by atoms with Crippen molar-refractivity contribution in [3.63, 3.8) is 0 Å². The van der Waals surface area contributed by atoms with E-state index in [-0.39, 0.29) is 32.6 Å². The molecule has 0 aromatic heterocycles. The highest BCUT2D eigenvalue weighted by molar-refractivity contribution is 7.47. The fraction of sp³-hybridized carbons (Fsp3) is 0.556. The second kappa shape index (κ2) is 40.3. The summed E-state index contributed by atoms with van der Waals surface area (Å²) in [5.74, 6) is -0.939. The maximum Gasteiger partial charge on any atom is 0.472 e. The molecule has 0 fully saturated rings. The molecule has 0 aliphatic heterocycles. The van der Waals surface area contributed by atoms with E-state index < -0.39 is 32.5 Å². The second-order valence-corrected chi connectivity index (χ2v) is 14.3. The molecule has 0 amide bonds. The van der Waals surface area contributed by atoms with Crippen LogP contribution in [0.5, 0.6) is 0 Å². The van der Waals surface area contributed by atoms with Crippen molar-refractivity contribution in [2.24, 2.45) is 5.73 Å². The van der Waals surface area contributed by atoms with Crippen molar-refractivity contribution in [2.45, 2.75) is 136 Å². The van der Waals surface area contributed by atoms with E-state index in [1.165, 1.54) is 25.7 Å². The van der Waals surface area contributed by atoms with Gasteiger partial charge in [0.2, 0.25) is 0 Å². The molecule has 10 heteroatoms. The van der Waals surface area contributed by atoms with E-state index in [1.54, 1.807) is 0 Å². The molecule has 0 aromatic rings. The number of nitrogens with two attached hydrogens (primary N) is 1. The average molecular weight is 786 g/mol. The van der Waals surface area contributed by atoms with Crippen molar-refractivity contribution < 1.29 is 37.6 Å². The zero-order valence-corrected chi connectivity index (χ0v) is 34.7. The lowest BCUT2D eigenvalue weighted by atomic mass is 10.1. The SMILES string of the molecule is CC/C=C/C=C/C=C/C=C/CCCCCC(=O)OC(COC(=O)CCCC/C=C/C/C=C/C/C=C/C/C=C/C/C=C/CCCCC)COP(=O)(O)OCCN. The van der Waals surface area contributed by atoms with Crippen LogP contribution in [0.4, 0.5) is 0 Å². The predicted molar refractivity (Wildman–Crippen MR) is 228 cm³/mol. The lowest BCUT2D eigenvalue weighted by molar-refractivity contribution is -0.161. The maximum atomic E-state index is 12.5. The third kappa shape index (κ3) is 40.2. The summed E-state index contributed by atoms with van der Waals surface area (Å²) < 4.78 is 32.6. The molecule has 0 bridgehead atoms. The highest BCUT2D eigenvalue weighted by Crippen LogP contribution is 2.43. The van der Waals surface area contributed by atoms with Gasteiger partial charge in [-0.3, -0.25) is 18.6 Å². The predicted octanol–water partition coefficient (Wildman–Crippen LogP) is 11.6. The summed E-state index contributed by atoms with van der Waals surface area (Å²) in [6, 6.07) is 0. The number of carbonyl (C=O) groups excluding carboxylic acids is 2. The summed E-state index contributed by atoms with van der Waals surface area (Å²) in [6.45, 7) is 3.42. The molecule has 0 saturated heterocycles. The van der Waals surface area contributed by atoms with E-state index in [0.717, 1.165) is 64.2 Å². The zero-order chi connectivity index (χ0) is 40.3. The number of hydrogen-bond acceptors (Lipinski definition) is 8. The maximum absolute atomic E-state index is 12.5. The van der Waals surface area contributed by atoms with Gasteiger partial charge in [0.1, 0.15) is 6.61 Å². The molecule has 0 heterocycles. The van der Waals surface area contributed by atoms with Gasteiger partial charge in [0.05, 0.1) is 13.2 Å². The highest BCUT2D eigenvalue weighted by Gasteiger charge is 2.25. The van der Waals surface area contributed by atoms with Crippen molar-refractivity contribution in [3.05, 3.63) is 109 Å². The number of phosphoric acid groups is 1. The van der Waals surface area contributed by atoms with E-state index in [0.29, 0.717) is 12.8 Å². The van der Waals surface area contributed by atoms with Crippen LogP contribution in [0.1, 0.15) is 129 Å². The highest BCUT2D eigenvalue weighted by atomic mass is 31.2. The molecule has 55 heavy (non-hydrogen) atoms. The minimum Gasteiger partial charge on any atom is -0.462 e. The number of ether oxygens (including phenoxy) is 2. The van der Waals surface area contributed by atoms with Crippen LogP contribution in [0.25, 0.3) is 0 Å². The fourth-order valence-electron chi connectivity index (χ4n) is 4.72. The molecular formula is C45H72NO8P. The first kappa shape index (κ1) is 51.7. The number of carbonyl (C=O) groups is 2. The molecular weight excluding hydrogens is 713 g/mol. The van der Waals surface area contributed by atoms with Gasteiger partial charge in [-0.05, 0) is 83.5 Å². The average Bonchev–Trinajstić information content (AvgIpc) is 3.17. The fourth-order valence-corrected chi connectivity index (χ4v) is 5.48. The van der Waals surface area contributed by atoms with Gasteiger partial charge < -0.3 is 20.1 Å². The lowest BCUT2D eigenvalue weighted by Gasteiger charge is -2.19. The van der Waals surface area contributed by atoms with Gasteiger partial charge >= 0.3 is 19.8 Å². The summed E-state index contributed by atoms with van der Waals surface area (Å²) in [5.41, 5.74) is 5.33. The van der Waals surface area contributed by atoms with Crippen molar-refractivity contribution in [2.75, 3.05) is 26.4 Å². The minimum absolute atomic E-state index is 0.0336. The van der Waals surface area contributed by atoms with Crippen molar-refractivity contribution >= 4 is 19.8 Å². The number of rotatable bonds is 36. The molecule has 0 aliphatic rings. The number of unbranched alkanes of at least 4 members (excludes halogenated alkanes) is 8. The van der Waals surface area contributed by atoms with Crippen LogP contribution in [0.2, 0.25) is 0 Å². The van der Waals surface area contributed by atoms with Crippen LogP contribution in [-0.2, 0) is 32.7 Å². The largest absolute Gasteiger partial charge is 0.472 e. The second-order valence-electron chi connectivity index (χ2n) is 12.9. The quantitative estimate of drug-likeness (QED) is 0.0209. The normalized spacial score (nSPS) is 14.5. The number of phosphoric ester groups is 1. The molecule has 0 spiro atoms. The van der Waals surface area contributed by atoms with Crippen LogP contribution in [0, 0.1) is 0 Å². The number of allylic oxidation sites excluding steroid dienone is 18. The van der Waals surface area contributed by atoms with E-state index in [4.69, 9.17) is 24.3 Å². The van der Waals surface area contributed by atoms with Crippen molar-refractivity contribution in [3.8, 4) is 0 Å². The standard InChI is InChI=1S/C45H72NO8P/c1-3-5-7-9-11-13-15-17-18-19-20-21-22-23-24-26-27-29-31-33-35-37-44(47)51-41-43(42-53-55(49,50)52-40-39-46)54-45(48)38-36-34-32-30-28-25-16-14-12-10-8-6-4-2/h6,8,10-14,16-18,20-21,23-25,27-29,43H,3-5,7,9,15,19,22,26,30-42,46H2,1-2H3,(H,49,50)/b8-6+,12-10+,13-11+,16-14+,18-17+,21-20+,24-23+,28-25+,29-27+. The van der Waals surface area contributed by atoms with E-state index >= 15 is 0 Å². The Balaban J connectivity index is 4.34. The first-order valence-corrected chi connectivity index (χ1v) is 21.9. The Bertz CT molecular complexity index is 1260. The van der Waals surface area contributed by atoms with E-state index in [9.17, 15) is 19.0 Å². The molecule has 0 radical (unpaired) electrons. The Morgan fingerprint density at radius 1 is 0.582 bits per heavy atom. The molecule has 0 saturated carbocycles. The topological polar surface area (TPSA) is 134 Å². The summed E-state index contributed by atoms with van der Waals surface area (Å²) in [4.78, 5) is 34.8. The van der Waals surface area contributed by atoms with Gasteiger partial charge in [0, 0.05) is 19.4 Å². The summed E-state index contributed by atoms with van der Waals surface area (Å²) in [5, 5.41) is 0. The molecule has 0 aliphatic carbocycles. The van der Waals surface area contributed by atoms with Gasteiger partial charge in [-0.1, -0.05) is 142 Å². The molecule has 0 aromatic carbocycles. The van der Waals surface area contributed by atoms with Crippen molar-refractivity contribution in [1.29, 1.82) is 0 Å². The number of hydrogen-bond donors (Lipinski definition) is 2. The van der Waals surface area contributed by atoms with Crippen LogP contribution in [0.15, 0.2) is 109 Å². The molecule has 3 N–H and O–H groups in total. The Hall–Kier alpha value is -3.33. The third-order valence-corrected chi connectivity index (χ3v) is 8.72. The van der Waals surface area contributed by atoms with E-state index in [2.05, 4.69) is 86.8 Å². The van der Waals surface area contributed by atoms with Crippen LogP contribution in [0.3, 0.4) is 0 Å². The summed E-state index contributed by atoms with van der Waals surface area (Å²) in [7, 11) is -4.40. The molecule has 2 unspecified atom stereocenters. The molecule has 310 valence electrons. The van der Waals surface area contributed by atoms with Crippen LogP contribution < -0.4 is 5.73 Å². The minimum atomic E-state index is -4.40.